The average Bonchev–Trinajstić information content (AvgIpc) is 2.70. The number of carboxylic acids is 1. The summed E-state index contributed by atoms with van der Waals surface area (Å²) in [5.41, 5.74) is 0.502. The molecule has 0 radical (unpaired) electrons. The number of carbonyl (C=O) groups is 1. The van der Waals surface area contributed by atoms with Crippen molar-refractivity contribution >= 4 is 27.8 Å². The van der Waals surface area contributed by atoms with Crippen molar-refractivity contribution in [3.8, 4) is 23.0 Å². The van der Waals surface area contributed by atoms with Crippen molar-refractivity contribution in [2.75, 3.05) is 33.2 Å². The molecule has 0 aliphatic carbocycles. The minimum Gasteiger partial charge on any atom is -0.497 e. The van der Waals surface area contributed by atoms with Gasteiger partial charge in [-0.3, -0.25) is 4.72 Å². The van der Waals surface area contributed by atoms with Crippen LogP contribution in [0.5, 0.6) is 23.0 Å². The molecule has 0 fully saturated rings. The van der Waals surface area contributed by atoms with Crippen LogP contribution in [0.4, 0.5) is 5.69 Å². The molecule has 2 rings (SSSR count). The molecule has 0 aliphatic rings. The highest BCUT2D eigenvalue weighted by atomic mass is 32.2. The van der Waals surface area contributed by atoms with E-state index in [1.54, 1.807) is 6.07 Å². The second kappa shape index (κ2) is 9.20. The Morgan fingerprint density at radius 3 is 2.03 bits per heavy atom. The lowest BCUT2D eigenvalue weighted by molar-refractivity contribution is -0.131. The molecule has 2 aromatic carbocycles. The van der Waals surface area contributed by atoms with Gasteiger partial charge in [0.1, 0.15) is 16.4 Å². The molecule has 0 amide bonds. The van der Waals surface area contributed by atoms with Crippen molar-refractivity contribution in [1.82, 2.24) is 0 Å². The van der Waals surface area contributed by atoms with Gasteiger partial charge >= 0.3 is 5.97 Å². The SMILES string of the molecule is COc1cc(NS(=O)(=O)c2cc(/C=C/C(=O)O)cc(OC)c2OC)cc(OC)c1. The van der Waals surface area contributed by atoms with Crippen molar-refractivity contribution in [1.29, 1.82) is 0 Å². The predicted molar refractivity (Wildman–Crippen MR) is 107 cm³/mol. The number of sulfonamides is 1. The molecule has 0 aliphatic heterocycles. The van der Waals surface area contributed by atoms with E-state index in [1.807, 2.05) is 0 Å². The Kier molecular flexibility index (Phi) is 6.94. The summed E-state index contributed by atoms with van der Waals surface area (Å²) in [5, 5.41) is 8.83. The molecular formula is C19H21NO8S. The van der Waals surface area contributed by atoms with Crippen molar-refractivity contribution < 1.29 is 37.3 Å². The lowest BCUT2D eigenvalue weighted by atomic mass is 10.2. The Labute approximate surface area is 168 Å². The third-order valence-electron chi connectivity index (χ3n) is 3.78. The molecule has 0 atom stereocenters. The highest BCUT2D eigenvalue weighted by molar-refractivity contribution is 7.92. The molecule has 10 heteroatoms. The minimum absolute atomic E-state index is 0.0256. The second-order valence-electron chi connectivity index (χ2n) is 5.63. The Morgan fingerprint density at radius 2 is 1.55 bits per heavy atom. The van der Waals surface area contributed by atoms with Crippen LogP contribution in [0.25, 0.3) is 6.08 Å². The molecule has 2 N–H and O–H groups in total. The maximum Gasteiger partial charge on any atom is 0.328 e. The third-order valence-corrected chi connectivity index (χ3v) is 5.17. The fourth-order valence-electron chi connectivity index (χ4n) is 2.49. The smallest absolute Gasteiger partial charge is 0.328 e. The summed E-state index contributed by atoms with van der Waals surface area (Å²) >= 11 is 0. The quantitative estimate of drug-likeness (QED) is 0.591. The van der Waals surface area contributed by atoms with Gasteiger partial charge in [-0.25, -0.2) is 13.2 Å². The van der Waals surface area contributed by atoms with Gasteiger partial charge in [0.2, 0.25) is 0 Å². The summed E-state index contributed by atoms with van der Waals surface area (Å²) in [6, 6.07) is 7.31. The molecule has 0 saturated heterocycles. The minimum atomic E-state index is -4.15. The van der Waals surface area contributed by atoms with Crippen LogP contribution in [0.15, 0.2) is 41.3 Å². The summed E-state index contributed by atoms with van der Waals surface area (Å²) in [5.74, 6) is -0.286. The van der Waals surface area contributed by atoms with Crippen LogP contribution in [0.2, 0.25) is 0 Å². The number of ether oxygens (including phenoxy) is 4. The van der Waals surface area contributed by atoms with Crippen LogP contribution in [0.3, 0.4) is 0 Å². The van der Waals surface area contributed by atoms with Gasteiger partial charge in [-0.05, 0) is 23.8 Å². The monoisotopic (exact) mass is 423 g/mol. The fraction of sp³-hybridized carbons (Fsp3) is 0.211. The van der Waals surface area contributed by atoms with E-state index in [0.717, 1.165) is 6.08 Å². The third kappa shape index (κ3) is 5.32. The zero-order valence-corrected chi connectivity index (χ0v) is 17.1. The number of aliphatic carboxylic acids is 1. The normalized spacial score (nSPS) is 11.2. The summed E-state index contributed by atoms with van der Waals surface area (Å²) in [4.78, 5) is 10.6. The van der Waals surface area contributed by atoms with Crippen LogP contribution < -0.4 is 23.7 Å². The van der Waals surface area contributed by atoms with Crippen molar-refractivity contribution in [3.63, 3.8) is 0 Å². The first-order valence-corrected chi connectivity index (χ1v) is 9.65. The highest BCUT2D eigenvalue weighted by Gasteiger charge is 2.24. The van der Waals surface area contributed by atoms with Crippen LogP contribution in [-0.4, -0.2) is 47.9 Å². The van der Waals surface area contributed by atoms with Crippen LogP contribution in [-0.2, 0) is 14.8 Å². The molecule has 0 aromatic heterocycles. The van der Waals surface area contributed by atoms with Gasteiger partial charge in [-0.15, -0.1) is 0 Å². The number of hydrogen-bond donors (Lipinski definition) is 2. The van der Waals surface area contributed by atoms with Crippen LogP contribution in [0, 0.1) is 0 Å². The highest BCUT2D eigenvalue weighted by Crippen LogP contribution is 2.37. The van der Waals surface area contributed by atoms with Crippen molar-refractivity contribution in [2.45, 2.75) is 4.90 Å². The standard InChI is InChI=1S/C19H21NO8S/c1-25-14-9-13(10-15(11-14)26-2)20-29(23,24)17-8-12(5-6-18(21)22)7-16(27-3)19(17)28-4/h5-11,20H,1-4H3,(H,21,22)/b6-5+. The van der Waals surface area contributed by atoms with Gasteiger partial charge in [0.25, 0.3) is 10.0 Å². The molecule has 0 saturated carbocycles. The number of nitrogens with one attached hydrogen (secondary N) is 1. The number of hydrogen-bond acceptors (Lipinski definition) is 7. The first-order valence-electron chi connectivity index (χ1n) is 8.17. The van der Waals surface area contributed by atoms with Gasteiger partial charge in [0.15, 0.2) is 11.5 Å². The molecule has 29 heavy (non-hydrogen) atoms. The zero-order valence-electron chi connectivity index (χ0n) is 16.3. The van der Waals surface area contributed by atoms with E-state index < -0.39 is 16.0 Å². The van der Waals surface area contributed by atoms with Gasteiger partial charge in [0.05, 0.1) is 34.1 Å². The molecule has 0 bridgehead atoms. The lowest BCUT2D eigenvalue weighted by Crippen LogP contribution is -2.15. The zero-order chi connectivity index (χ0) is 21.6. The van der Waals surface area contributed by atoms with Gasteiger partial charge in [-0.2, -0.15) is 0 Å². The first-order chi connectivity index (χ1) is 13.7. The maximum absolute atomic E-state index is 13.1. The summed E-state index contributed by atoms with van der Waals surface area (Å²) in [7, 11) is 1.39. The number of benzene rings is 2. The number of rotatable bonds is 9. The summed E-state index contributed by atoms with van der Waals surface area (Å²) in [6.45, 7) is 0. The second-order valence-corrected chi connectivity index (χ2v) is 7.28. The van der Waals surface area contributed by atoms with E-state index in [-0.39, 0.29) is 22.1 Å². The van der Waals surface area contributed by atoms with Gasteiger partial charge in [-0.1, -0.05) is 0 Å². The number of methoxy groups -OCH3 is 4. The van der Waals surface area contributed by atoms with Gasteiger partial charge < -0.3 is 24.1 Å². The Balaban J connectivity index is 2.58. The van der Waals surface area contributed by atoms with Gasteiger partial charge in [0, 0.05) is 24.3 Å². The number of anilines is 1. The van der Waals surface area contributed by atoms with E-state index in [2.05, 4.69) is 4.72 Å². The van der Waals surface area contributed by atoms with Crippen LogP contribution >= 0.6 is 0 Å². The largest absolute Gasteiger partial charge is 0.497 e. The fourth-order valence-corrected chi connectivity index (χ4v) is 3.75. The first kappa shape index (κ1) is 21.9. The topological polar surface area (TPSA) is 120 Å². The number of carboxylic acid groups (broad SMARTS) is 1. The van der Waals surface area contributed by atoms with E-state index in [1.165, 1.54) is 58.8 Å². The van der Waals surface area contributed by atoms with E-state index in [0.29, 0.717) is 17.1 Å². The molecule has 0 unspecified atom stereocenters. The summed E-state index contributed by atoms with van der Waals surface area (Å²) in [6.07, 6.45) is 2.13. The average molecular weight is 423 g/mol. The van der Waals surface area contributed by atoms with Crippen molar-refractivity contribution in [3.05, 3.63) is 42.0 Å². The Bertz CT molecular complexity index is 1010. The van der Waals surface area contributed by atoms with Crippen molar-refractivity contribution in [2.24, 2.45) is 0 Å². The maximum atomic E-state index is 13.1. The molecule has 0 heterocycles. The predicted octanol–water partition coefficient (Wildman–Crippen LogP) is 2.62. The molecule has 9 nitrogen and oxygen atoms in total. The van der Waals surface area contributed by atoms with E-state index in [9.17, 15) is 13.2 Å². The van der Waals surface area contributed by atoms with Crippen LogP contribution in [0.1, 0.15) is 5.56 Å². The molecular weight excluding hydrogens is 402 g/mol. The van der Waals surface area contributed by atoms with E-state index in [4.69, 9.17) is 24.1 Å². The Morgan fingerprint density at radius 1 is 0.931 bits per heavy atom. The van der Waals surface area contributed by atoms with E-state index >= 15 is 0 Å². The summed E-state index contributed by atoms with van der Waals surface area (Å²) < 4.78 is 49.3. The molecule has 0 spiro atoms. The lowest BCUT2D eigenvalue weighted by Gasteiger charge is -2.16. The molecule has 2 aromatic rings. The molecule has 156 valence electrons. The Hall–Kier alpha value is -3.40.